The molecule has 0 fully saturated rings. The van der Waals surface area contributed by atoms with Gasteiger partial charge in [0.15, 0.2) is 5.76 Å². The van der Waals surface area contributed by atoms with Gasteiger partial charge in [0.2, 0.25) is 0 Å². The summed E-state index contributed by atoms with van der Waals surface area (Å²) >= 11 is 0. The van der Waals surface area contributed by atoms with Crippen molar-refractivity contribution in [2.45, 2.75) is 19.9 Å². The van der Waals surface area contributed by atoms with Crippen molar-refractivity contribution < 1.29 is 4.52 Å². The molecule has 4 heteroatoms. The van der Waals surface area contributed by atoms with Crippen LogP contribution in [-0.2, 0) is 6.54 Å². The van der Waals surface area contributed by atoms with E-state index >= 15 is 0 Å². The Labute approximate surface area is 71.5 Å². The Kier molecular flexibility index (Phi) is 2.99. The molecule has 0 aliphatic rings. The Morgan fingerprint density at radius 1 is 1.75 bits per heavy atom. The molecule has 0 aromatic carbocycles. The largest absolute Gasteiger partial charge is 0.359 e. The first-order valence-corrected chi connectivity index (χ1v) is 3.96. The minimum Gasteiger partial charge on any atom is -0.359 e. The van der Waals surface area contributed by atoms with Crippen LogP contribution in [0.3, 0.4) is 0 Å². The Morgan fingerprint density at radius 3 is 3.08 bits per heavy atom. The molecular weight excluding hydrogens is 154 g/mol. The average Bonchev–Trinajstić information content (AvgIpc) is 2.52. The number of aromatic nitrogens is 1. The second-order valence-electron chi connectivity index (χ2n) is 2.54. The minimum atomic E-state index is 0.515. The molecule has 1 heterocycles. The van der Waals surface area contributed by atoms with E-state index in [9.17, 15) is 0 Å². The van der Waals surface area contributed by atoms with Crippen LogP contribution in [0.15, 0.2) is 10.6 Å². The first-order chi connectivity index (χ1) is 5.77. The monoisotopic (exact) mass is 167 g/mol. The van der Waals surface area contributed by atoms with E-state index < -0.39 is 0 Å². The zero-order valence-electron chi connectivity index (χ0n) is 7.35. The van der Waals surface area contributed by atoms with E-state index in [0.717, 1.165) is 5.76 Å². The molecule has 0 atom stereocenters. The van der Waals surface area contributed by atoms with E-state index in [1.54, 1.807) is 6.07 Å². The molecular formula is C8H13N3O. The fourth-order valence-electron chi connectivity index (χ4n) is 0.894. The zero-order chi connectivity index (χ0) is 8.97. The lowest BCUT2D eigenvalue weighted by Crippen LogP contribution is -2.03. The average molecular weight is 167 g/mol. The maximum absolute atomic E-state index is 7.48. The van der Waals surface area contributed by atoms with Crippen molar-refractivity contribution in [3.63, 3.8) is 0 Å². The summed E-state index contributed by atoms with van der Waals surface area (Å²) in [5.74, 6) is 0.769. The molecule has 0 amide bonds. The van der Waals surface area contributed by atoms with Crippen LogP contribution in [0.4, 0.5) is 0 Å². The van der Waals surface area contributed by atoms with Crippen LogP contribution in [0.2, 0.25) is 0 Å². The van der Waals surface area contributed by atoms with Crippen molar-refractivity contribution in [2.75, 3.05) is 7.05 Å². The highest BCUT2D eigenvalue weighted by molar-refractivity contribution is 5.96. The van der Waals surface area contributed by atoms with Gasteiger partial charge in [-0.15, -0.1) is 0 Å². The number of nitrogens with zero attached hydrogens (tertiary/aromatic N) is 1. The van der Waals surface area contributed by atoms with Gasteiger partial charge in [-0.3, -0.25) is 0 Å². The van der Waals surface area contributed by atoms with Crippen LogP contribution in [-0.4, -0.2) is 17.9 Å². The molecule has 0 aliphatic heterocycles. The number of hydrogen-bond donors (Lipinski definition) is 2. The Morgan fingerprint density at radius 2 is 2.50 bits per heavy atom. The van der Waals surface area contributed by atoms with Crippen LogP contribution >= 0.6 is 0 Å². The third-order valence-corrected chi connectivity index (χ3v) is 1.57. The van der Waals surface area contributed by atoms with Crippen LogP contribution in [0, 0.1) is 5.41 Å². The van der Waals surface area contributed by atoms with E-state index in [1.807, 2.05) is 14.0 Å². The molecule has 0 aliphatic carbocycles. The van der Waals surface area contributed by atoms with Gasteiger partial charge in [0, 0.05) is 6.07 Å². The second kappa shape index (κ2) is 4.01. The highest BCUT2D eigenvalue weighted by Crippen LogP contribution is 2.05. The third-order valence-electron chi connectivity index (χ3n) is 1.57. The standard InChI is InChI=1S/C8H13N3O/c1-3-7(9)8-4-6(5-10-2)12-11-8/h4,9-10H,3,5H2,1-2H3. The van der Waals surface area contributed by atoms with Gasteiger partial charge in [-0.1, -0.05) is 12.1 Å². The van der Waals surface area contributed by atoms with Gasteiger partial charge in [-0.2, -0.15) is 0 Å². The van der Waals surface area contributed by atoms with Crippen LogP contribution in [0.25, 0.3) is 0 Å². The van der Waals surface area contributed by atoms with Crippen molar-refractivity contribution in [1.82, 2.24) is 10.5 Å². The van der Waals surface area contributed by atoms with E-state index in [0.29, 0.717) is 24.4 Å². The molecule has 12 heavy (non-hydrogen) atoms. The quantitative estimate of drug-likeness (QED) is 0.662. The third kappa shape index (κ3) is 1.92. The highest BCUT2D eigenvalue weighted by atomic mass is 16.5. The van der Waals surface area contributed by atoms with Gasteiger partial charge in [-0.05, 0) is 13.5 Å². The Hall–Kier alpha value is -1.16. The fraction of sp³-hybridized carbons (Fsp3) is 0.500. The normalized spacial score (nSPS) is 10.2. The van der Waals surface area contributed by atoms with Gasteiger partial charge in [-0.25, -0.2) is 0 Å². The smallest absolute Gasteiger partial charge is 0.151 e. The number of nitrogens with one attached hydrogen (secondary N) is 2. The summed E-state index contributed by atoms with van der Waals surface area (Å²) in [4.78, 5) is 0. The topological polar surface area (TPSA) is 61.9 Å². The lowest BCUT2D eigenvalue weighted by molar-refractivity contribution is 0.376. The number of rotatable bonds is 4. The maximum Gasteiger partial charge on any atom is 0.151 e. The molecule has 0 spiro atoms. The molecule has 0 radical (unpaired) electrons. The van der Waals surface area contributed by atoms with Crippen LogP contribution < -0.4 is 5.32 Å². The summed E-state index contributed by atoms with van der Waals surface area (Å²) in [6.07, 6.45) is 0.686. The SMILES string of the molecule is CCC(=N)c1cc(CNC)on1. The summed E-state index contributed by atoms with van der Waals surface area (Å²) < 4.78 is 4.97. The van der Waals surface area contributed by atoms with Crippen LogP contribution in [0.1, 0.15) is 24.8 Å². The van der Waals surface area contributed by atoms with E-state index in [2.05, 4.69) is 10.5 Å². The summed E-state index contributed by atoms with van der Waals surface area (Å²) in [5, 5.41) is 14.2. The lowest BCUT2D eigenvalue weighted by Gasteiger charge is -1.89. The molecule has 1 aromatic heterocycles. The molecule has 2 N–H and O–H groups in total. The summed E-state index contributed by atoms with van der Waals surface area (Å²) in [6.45, 7) is 2.58. The molecule has 1 aromatic rings. The predicted molar refractivity (Wildman–Crippen MR) is 46.4 cm³/mol. The summed E-state index contributed by atoms with van der Waals surface area (Å²) in [5.41, 5.74) is 1.16. The zero-order valence-corrected chi connectivity index (χ0v) is 7.35. The van der Waals surface area contributed by atoms with Gasteiger partial charge < -0.3 is 15.2 Å². The molecule has 0 bridgehead atoms. The Balaban J connectivity index is 2.70. The molecule has 0 saturated carbocycles. The molecule has 0 saturated heterocycles. The van der Waals surface area contributed by atoms with Crippen molar-refractivity contribution >= 4 is 5.71 Å². The summed E-state index contributed by atoms with van der Waals surface area (Å²) in [6, 6.07) is 1.79. The molecule has 66 valence electrons. The van der Waals surface area contributed by atoms with Gasteiger partial charge in [0.25, 0.3) is 0 Å². The van der Waals surface area contributed by atoms with E-state index in [1.165, 1.54) is 0 Å². The summed E-state index contributed by atoms with van der Waals surface area (Å²) in [7, 11) is 1.84. The van der Waals surface area contributed by atoms with E-state index in [-0.39, 0.29) is 0 Å². The van der Waals surface area contributed by atoms with Crippen molar-refractivity contribution in [3.8, 4) is 0 Å². The Bertz CT molecular complexity index is 267. The van der Waals surface area contributed by atoms with E-state index in [4.69, 9.17) is 9.93 Å². The molecule has 1 rings (SSSR count). The van der Waals surface area contributed by atoms with Crippen molar-refractivity contribution in [1.29, 1.82) is 5.41 Å². The molecule has 0 unspecified atom stereocenters. The van der Waals surface area contributed by atoms with Crippen LogP contribution in [0.5, 0.6) is 0 Å². The lowest BCUT2D eigenvalue weighted by atomic mass is 10.2. The fourth-order valence-corrected chi connectivity index (χ4v) is 0.894. The maximum atomic E-state index is 7.48. The first kappa shape index (κ1) is 8.93. The van der Waals surface area contributed by atoms with Crippen molar-refractivity contribution in [3.05, 3.63) is 17.5 Å². The minimum absolute atomic E-state index is 0.515. The first-order valence-electron chi connectivity index (χ1n) is 3.96. The van der Waals surface area contributed by atoms with Gasteiger partial charge >= 0.3 is 0 Å². The van der Waals surface area contributed by atoms with Gasteiger partial charge in [0.1, 0.15) is 5.69 Å². The second-order valence-corrected chi connectivity index (χ2v) is 2.54. The van der Waals surface area contributed by atoms with Crippen molar-refractivity contribution in [2.24, 2.45) is 0 Å². The highest BCUT2D eigenvalue weighted by Gasteiger charge is 2.05. The number of hydrogen-bond acceptors (Lipinski definition) is 4. The van der Waals surface area contributed by atoms with Gasteiger partial charge in [0.05, 0.1) is 12.3 Å². The predicted octanol–water partition coefficient (Wildman–Crippen LogP) is 1.17. The molecule has 4 nitrogen and oxygen atoms in total.